The second-order valence-electron chi connectivity index (χ2n) is 14.7. The maximum Gasteiger partial charge on any atom is 0.129 e. The van der Waals surface area contributed by atoms with E-state index in [0.717, 1.165) is 39.3 Å². The topological polar surface area (TPSA) is 50.7 Å². The van der Waals surface area contributed by atoms with Crippen LogP contribution in [0.15, 0.2) is 97.3 Å². The number of rotatable bonds is 8. The third-order valence-corrected chi connectivity index (χ3v) is 12.5. The number of aromatic nitrogens is 2. The summed E-state index contributed by atoms with van der Waals surface area (Å²) in [6.07, 6.45) is 11.0. The van der Waals surface area contributed by atoms with Gasteiger partial charge >= 0.3 is 0 Å². The van der Waals surface area contributed by atoms with Gasteiger partial charge in [-0.05, 0) is 72.2 Å². The largest absolute Gasteiger partial charge is 0.373 e. The van der Waals surface area contributed by atoms with Crippen LogP contribution in [0.1, 0.15) is 60.8 Å². The summed E-state index contributed by atoms with van der Waals surface area (Å²) in [5, 5.41) is 1.11. The second kappa shape index (κ2) is 15.8. The van der Waals surface area contributed by atoms with Crippen LogP contribution in [0.25, 0.3) is 0 Å². The number of benzene rings is 2. The molecule has 0 radical (unpaired) electrons. The fourth-order valence-electron chi connectivity index (χ4n) is 10.1. The number of fused-ring (bicyclic) bond motifs is 4. The van der Waals surface area contributed by atoms with Gasteiger partial charge in [0.05, 0.1) is 0 Å². The first-order valence-electron chi connectivity index (χ1n) is 18.3. The molecule has 4 aliphatic rings. The Morgan fingerprint density at radius 2 is 0.940 bits per heavy atom. The minimum absolute atomic E-state index is 0.224. The van der Waals surface area contributed by atoms with Crippen LogP contribution in [-0.2, 0) is 33.8 Å². The van der Waals surface area contributed by atoms with E-state index in [0.29, 0.717) is 34.0 Å². The van der Waals surface area contributed by atoms with Gasteiger partial charge in [0.2, 0.25) is 0 Å². The van der Waals surface area contributed by atoms with Gasteiger partial charge in [-0.1, -0.05) is 96.7 Å². The molecule has 4 aromatic rings. The van der Waals surface area contributed by atoms with Crippen molar-refractivity contribution >= 4 is 23.2 Å². The zero-order valence-corrected chi connectivity index (χ0v) is 30.9. The lowest BCUT2D eigenvalue weighted by atomic mass is 9.62. The van der Waals surface area contributed by atoms with Crippen LogP contribution in [0, 0.1) is 23.7 Å². The Labute approximate surface area is 308 Å². The van der Waals surface area contributed by atoms with Crippen molar-refractivity contribution in [2.45, 2.75) is 62.8 Å². The van der Waals surface area contributed by atoms with Gasteiger partial charge in [0.25, 0.3) is 0 Å². The van der Waals surface area contributed by atoms with E-state index in [2.05, 4.69) is 92.6 Å². The molecular weight excluding hydrogens is 663 g/mol. The summed E-state index contributed by atoms with van der Waals surface area (Å²) in [5.41, 5.74) is 4.72. The number of pyridine rings is 2. The molecule has 2 aliphatic heterocycles. The van der Waals surface area contributed by atoms with E-state index in [4.69, 9.17) is 32.7 Å². The SMILES string of the molecule is COC1(c2ccnc(Cl)c2)C2CCCC1CN(Cc1ccccc1)C2.COC1(c2ccnc(Cl)c2)C2CCCC1CN(Cc1ccccc1)C2. The van der Waals surface area contributed by atoms with Gasteiger partial charge in [0.15, 0.2) is 0 Å². The number of ether oxygens (including phenoxy) is 2. The Hall–Kier alpha value is -2.84. The molecular formula is C42H50Cl2N4O2. The molecule has 0 amide bonds. The molecule has 4 fully saturated rings. The normalized spacial score (nSPS) is 29.5. The molecule has 50 heavy (non-hydrogen) atoms. The Morgan fingerprint density at radius 3 is 1.26 bits per heavy atom. The van der Waals surface area contributed by atoms with E-state index in [-0.39, 0.29) is 11.2 Å². The monoisotopic (exact) mass is 712 g/mol. The minimum Gasteiger partial charge on any atom is -0.373 e. The summed E-state index contributed by atoms with van der Waals surface area (Å²) < 4.78 is 12.5. The smallest absolute Gasteiger partial charge is 0.129 e. The lowest BCUT2D eigenvalue weighted by Crippen LogP contribution is -2.58. The summed E-state index contributed by atoms with van der Waals surface area (Å²) in [5.74, 6) is 1.97. The van der Waals surface area contributed by atoms with Crippen molar-refractivity contribution in [1.82, 2.24) is 19.8 Å². The molecule has 8 heteroatoms. The highest BCUT2D eigenvalue weighted by Crippen LogP contribution is 2.53. The third-order valence-electron chi connectivity index (χ3n) is 12.1. The highest BCUT2D eigenvalue weighted by Gasteiger charge is 2.54. The standard InChI is InChI=1S/2C21H25ClN2O/c2*1-25-21(17-10-11-23-20(22)12-17)18-8-5-9-19(21)15-24(14-18)13-16-6-3-2-4-7-16/h2*2-4,6-7,10-12,18-19H,5,8-9,13-15H2,1H3. The van der Waals surface area contributed by atoms with Gasteiger partial charge in [0, 0.05) is 89.6 Å². The molecule has 6 nitrogen and oxygen atoms in total. The summed E-state index contributed by atoms with van der Waals surface area (Å²) in [6, 6.07) is 29.7. The first-order valence-corrected chi connectivity index (χ1v) is 19.1. The summed E-state index contributed by atoms with van der Waals surface area (Å²) in [4.78, 5) is 13.5. The van der Waals surface area contributed by atoms with Crippen molar-refractivity contribution in [1.29, 1.82) is 0 Å². The van der Waals surface area contributed by atoms with Gasteiger partial charge in [0.1, 0.15) is 21.5 Å². The van der Waals surface area contributed by atoms with Crippen LogP contribution in [0.4, 0.5) is 0 Å². The van der Waals surface area contributed by atoms with Crippen LogP contribution in [0.2, 0.25) is 10.3 Å². The molecule has 264 valence electrons. The molecule has 0 spiro atoms. The molecule has 2 saturated heterocycles. The first-order chi connectivity index (χ1) is 24.4. The number of hydrogen-bond acceptors (Lipinski definition) is 6. The average molecular weight is 714 g/mol. The van der Waals surface area contributed by atoms with Crippen molar-refractivity contribution in [2.24, 2.45) is 23.7 Å². The Balaban J connectivity index is 0.000000157. The van der Waals surface area contributed by atoms with Crippen LogP contribution < -0.4 is 0 Å². The third kappa shape index (κ3) is 7.13. The Morgan fingerprint density at radius 1 is 0.580 bits per heavy atom. The molecule has 2 aromatic carbocycles. The van der Waals surface area contributed by atoms with Crippen molar-refractivity contribution in [2.75, 3.05) is 40.4 Å². The van der Waals surface area contributed by atoms with Gasteiger partial charge < -0.3 is 9.47 Å². The van der Waals surface area contributed by atoms with Crippen molar-refractivity contribution in [3.8, 4) is 0 Å². The van der Waals surface area contributed by atoms with E-state index >= 15 is 0 Å². The molecule has 2 aromatic heterocycles. The number of likely N-dealkylation sites (tertiary alicyclic amines) is 2. The van der Waals surface area contributed by atoms with E-state index in [9.17, 15) is 0 Å². The van der Waals surface area contributed by atoms with E-state index in [1.54, 1.807) is 0 Å². The fourth-order valence-corrected chi connectivity index (χ4v) is 10.5. The number of halogens is 2. The first kappa shape index (κ1) is 35.6. The molecule has 4 heterocycles. The van der Waals surface area contributed by atoms with Crippen LogP contribution in [0.5, 0.6) is 0 Å². The minimum atomic E-state index is -0.224. The second-order valence-corrected chi connectivity index (χ2v) is 15.5. The van der Waals surface area contributed by atoms with Crippen LogP contribution >= 0.6 is 23.2 Å². The van der Waals surface area contributed by atoms with Crippen molar-refractivity contribution in [3.63, 3.8) is 0 Å². The number of piperidine rings is 2. The van der Waals surface area contributed by atoms with Crippen molar-refractivity contribution < 1.29 is 9.47 Å². The fraction of sp³-hybridized carbons (Fsp3) is 0.476. The molecule has 8 rings (SSSR count). The highest BCUT2D eigenvalue weighted by atomic mass is 35.5. The highest BCUT2D eigenvalue weighted by molar-refractivity contribution is 6.29. The predicted octanol–water partition coefficient (Wildman–Crippen LogP) is 9.02. The quantitative estimate of drug-likeness (QED) is 0.170. The summed E-state index contributed by atoms with van der Waals surface area (Å²) >= 11 is 12.4. The van der Waals surface area contributed by atoms with Gasteiger partial charge in [-0.25, -0.2) is 9.97 Å². The lowest BCUT2D eigenvalue weighted by Gasteiger charge is -2.55. The Bertz CT molecular complexity index is 1540. The van der Waals surface area contributed by atoms with Gasteiger partial charge in [-0.2, -0.15) is 0 Å². The van der Waals surface area contributed by atoms with Gasteiger partial charge in [-0.15, -0.1) is 0 Å². The molecule has 0 N–H and O–H groups in total. The predicted molar refractivity (Wildman–Crippen MR) is 201 cm³/mol. The van der Waals surface area contributed by atoms with Gasteiger partial charge in [-0.3, -0.25) is 9.80 Å². The zero-order valence-electron chi connectivity index (χ0n) is 29.4. The van der Waals surface area contributed by atoms with E-state index < -0.39 is 0 Å². The molecule has 4 unspecified atom stereocenters. The summed E-state index contributed by atoms with van der Waals surface area (Å²) in [7, 11) is 3.74. The lowest BCUT2D eigenvalue weighted by molar-refractivity contribution is -0.170. The zero-order chi connectivity index (χ0) is 34.6. The van der Waals surface area contributed by atoms with Crippen LogP contribution in [-0.4, -0.2) is 60.2 Å². The number of hydrogen-bond donors (Lipinski definition) is 0. The number of nitrogens with zero attached hydrogens (tertiary/aromatic N) is 4. The van der Waals surface area contributed by atoms with Crippen LogP contribution in [0.3, 0.4) is 0 Å². The molecule has 2 aliphatic carbocycles. The average Bonchev–Trinajstić information content (AvgIpc) is 3.12. The van der Waals surface area contributed by atoms with Crippen molar-refractivity contribution in [3.05, 3.63) is 130 Å². The van der Waals surface area contributed by atoms with E-state index in [1.165, 1.54) is 60.8 Å². The molecule has 2 saturated carbocycles. The molecule has 4 bridgehead atoms. The van der Waals surface area contributed by atoms with E-state index in [1.807, 2.05) is 38.7 Å². The maximum absolute atomic E-state index is 6.27. The maximum atomic E-state index is 6.27. The summed E-state index contributed by atoms with van der Waals surface area (Å²) in [6.45, 7) is 6.31. The Kier molecular flexibility index (Phi) is 11.2. The molecule has 4 atom stereocenters. The number of methoxy groups -OCH3 is 2.